The summed E-state index contributed by atoms with van der Waals surface area (Å²) < 4.78 is 4.96. The molecule has 1 rings (SSSR count). The molecule has 0 amide bonds. The topological polar surface area (TPSA) is 52.3 Å². The van der Waals surface area contributed by atoms with Gasteiger partial charge < -0.3 is 10.5 Å². The minimum atomic E-state index is -0.173. The van der Waals surface area contributed by atoms with Crippen molar-refractivity contribution < 1.29 is 9.53 Å². The van der Waals surface area contributed by atoms with Gasteiger partial charge in [-0.15, -0.1) is 11.8 Å². The Morgan fingerprint density at radius 1 is 1.32 bits per heavy atom. The zero-order valence-electron chi connectivity index (χ0n) is 11.9. The molecule has 0 spiro atoms. The first kappa shape index (κ1) is 16.1. The summed E-state index contributed by atoms with van der Waals surface area (Å²) in [5.74, 6) is 0.174. The number of benzene rings is 1. The molecule has 1 aromatic carbocycles. The van der Waals surface area contributed by atoms with Gasteiger partial charge in [0.25, 0.3) is 0 Å². The molecular weight excluding hydrogens is 258 g/mol. The summed E-state index contributed by atoms with van der Waals surface area (Å²) in [5.41, 5.74) is 8.57. The summed E-state index contributed by atoms with van der Waals surface area (Å²) in [6.45, 7) is 6.37. The van der Waals surface area contributed by atoms with Gasteiger partial charge in [0.15, 0.2) is 0 Å². The highest BCUT2D eigenvalue weighted by molar-refractivity contribution is 8.00. The van der Waals surface area contributed by atoms with E-state index < -0.39 is 0 Å². The molecule has 0 aliphatic heterocycles. The average molecular weight is 281 g/mol. The first-order valence-electron chi connectivity index (χ1n) is 6.67. The molecule has 0 saturated carbocycles. The van der Waals surface area contributed by atoms with E-state index in [9.17, 15) is 4.79 Å². The van der Waals surface area contributed by atoms with Crippen LogP contribution in [-0.2, 0) is 9.53 Å². The number of hydrogen-bond donors (Lipinski definition) is 1. The Balaban J connectivity index is 2.72. The summed E-state index contributed by atoms with van der Waals surface area (Å²) in [6, 6.07) is 8.38. The number of carbonyl (C=O) groups excluding carboxylic acids is 1. The van der Waals surface area contributed by atoms with Gasteiger partial charge in [-0.1, -0.05) is 36.8 Å². The lowest BCUT2D eigenvalue weighted by Crippen LogP contribution is -2.26. The Morgan fingerprint density at radius 3 is 2.47 bits per heavy atom. The summed E-state index contributed by atoms with van der Waals surface area (Å²) in [4.78, 5) is 11.5. The highest BCUT2D eigenvalue weighted by Crippen LogP contribution is 2.32. The first-order valence-corrected chi connectivity index (χ1v) is 7.72. The van der Waals surface area contributed by atoms with E-state index in [-0.39, 0.29) is 17.3 Å². The molecule has 19 heavy (non-hydrogen) atoms. The van der Waals surface area contributed by atoms with Crippen LogP contribution < -0.4 is 5.73 Å². The molecule has 2 unspecified atom stereocenters. The van der Waals surface area contributed by atoms with E-state index in [1.807, 2.05) is 6.92 Å². The molecule has 0 aromatic heterocycles. The zero-order chi connectivity index (χ0) is 14.3. The highest BCUT2D eigenvalue weighted by atomic mass is 32.2. The minimum Gasteiger partial charge on any atom is -0.465 e. The van der Waals surface area contributed by atoms with Gasteiger partial charge in [0.05, 0.1) is 12.4 Å². The molecule has 0 aliphatic carbocycles. The van der Waals surface area contributed by atoms with Crippen molar-refractivity contribution >= 4 is 17.7 Å². The molecule has 0 bridgehead atoms. The molecular formula is C15H23NO2S. The molecule has 0 fully saturated rings. The maximum absolute atomic E-state index is 11.5. The molecule has 1 aromatic rings. The maximum atomic E-state index is 11.5. The van der Waals surface area contributed by atoms with Crippen LogP contribution in [-0.4, -0.2) is 24.4 Å². The smallest absolute Gasteiger partial charge is 0.315 e. The second kappa shape index (κ2) is 8.23. The van der Waals surface area contributed by atoms with Crippen LogP contribution in [0.15, 0.2) is 24.3 Å². The van der Waals surface area contributed by atoms with Gasteiger partial charge in [-0.2, -0.15) is 0 Å². The van der Waals surface area contributed by atoms with Gasteiger partial charge >= 0.3 is 5.97 Å². The molecule has 0 saturated heterocycles. The van der Waals surface area contributed by atoms with E-state index in [0.29, 0.717) is 12.4 Å². The van der Waals surface area contributed by atoms with Crippen molar-refractivity contribution in [1.82, 2.24) is 0 Å². The van der Waals surface area contributed by atoms with E-state index in [2.05, 4.69) is 38.1 Å². The second-order valence-corrected chi connectivity index (χ2v) is 5.65. The summed E-state index contributed by atoms with van der Waals surface area (Å²) >= 11 is 1.56. The lowest BCUT2D eigenvalue weighted by molar-refractivity contribution is -0.139. The predicted molar refractivity (Wildman–Crippen MR) is 81.3 cm³/mol. The molecule has 2 N–H and O–H groups in total. The summed E-state index contributed by atoms with van der Waals surface area (Å²) in [7, 11) is 0. The van der Waals surface area contributed by atoms with Gasteiger partial charge in [0, 0.05) is 11.3 Å². The van der Waals surface area contributed by atoms with Crippen LogP contribution >= 0.6 is 11.8 Å². The van der Waals surface area contributed by atoms with Gasteiger partial charge in [-0.05, 0) is 25.8 Å². The number of esters is 1. The van der Waals surface area contributed by atoms with E-state index in [1.54, 1.807) is 11.8 Å². The largest absolute Gasteiger partial charge is 0.465 e. The third kappa shape index (κ3) is 5.25. The molecule has 2 atom stereocenters. The predicted octanol–water partition coefficient (Wildman–Crippen LogP) is 3.07. The van der Waals surface area contributed by atoms with E-state index in [1.165, 1.54) is 11.1 Å². The fraction of sp³-hybridized carbons (Fsp3) is 0.533. The summed E-state index contributed by atoms with van der Waals surface area (Å²) in [6.07, 6.45) is 0.883. The highest BCUT2D eigenvalue weighted by Gasteiger charge is 2.20. The number of nitrogens with two attached hydrogens (primary N) is 1. The number of thioether (sulfide) groups is 1. The first-order chi connectivity index (χ1) is 9.08. The van der Waals surface area contributed by atoms with Crippen LogP contribution in [0.4, 0.5) is 0 Å². The maximum Gasteiger partial charge on any atom is 0.315 e. The fourth-order valence-corrected chi connectivity index (χ4v) is 2.99. The van der Waals surface area contributed by atoms with Crippen LogP contribution in [0.3, 0.4) is 0 Å². The Bertz CT molecular complexity index is 392. The quantitative estimate of drug-likeness (QED) is 0.780. The molecule has 4 heteroatoms. The average Bonchev–Trinajstić information content (AvgIpc) is 2.41. The minimum absolute atomic E-state index is 0.0436. The zero-order valence-corrected chi connectivity index (χ0v) is 12.7. The van der Waals surface area contributed by atoms with Crippen LogP contribution in [0.5, 0.6) is 0 Å². The fourth-order valence-electron chi connectivity index (χ4n) is 1.80. The normalized spacial score (nSPS) is 13.9. The van der Waals surface area contributed by atoms with Gasteiger partial charge in [-0.25, -0.2) is 0 Å². The van der Waals surface area contributed by atoms with Crippen molar-refractivity contribution in [3.8, 4) is 0 Å². The Morgan fingerprint density at radius 2 is 1.95 bits per heavy atom. The summed E-state index contributed by atoms with van der Waals surface area (Å²) in [5, 5.41) is 0.134. The van der Waals surface area contributed by atoms with Crippen LogP contribution in [0, 0.1) is 6.92 Å². The van der Waals surface area contributed by atoms with Crippen molar-refractivity contribution in [2.24, 2.45) is 5.73 Å². The number of hydrogen-bond acceptors (Lipinski definition) is 4. The van der Waals surface area contributed by atoms with Crippen LogP contribution in [0.25, 0.3) is 0 Å². The lowest BCUT2D eigenvalue weighted by atomic mass is 10.0. The number of carbonyl (C=O) groups is 1. The standard InChI is InChI=1S/C15H23NO2S/c1-4-13(16)15(19-10-14(17)18-5-2)12-8-6-11(3)7-9-12/h6-9,13,15H,4-5,10,16H2,1-3H3. The van der Waals surface area contributed by atoms with Crippen molar-refractivity contribution in [3.63, 3.8) is 0 Å². The van der Waals surface area contributed by atoms with Crippen LogP contribution in [0.1, 0.15) is 36.6 Å². The van der Waals surface area contributed by atoms with Gasteiger partial charge in [0.1, 0.15) is 0 Å². The van der Waals surface area contributed by atoms with E-state index in [0.717, 1.165) is 6.42 Å². The van der Waals surface area contributed by atoms with Gasteiger partial charge in [0.2, 0.25) is 0 Å². The van der Waals surface area contributed by atoms with E-state index >= 15 is 0 Å². The molecule has 106 valence electrons. The van der Waals surface area contributed by atoms with Crippen molar-refractivity contribution in [3.05, 3.63) is 35.4 Å². The van der Waals surface area contributed by atoms with Crippen LogP contribution in [0.2, 0.25) is 0 Å². The Kier molecular flexibility index (Phi) is 6.95. The van der Waals surface area contributed by atoms with Crippen molar-refractivity contribution in [2.75, 3.05) is 12.4 Å². The molecule has 3 nitrogen and oxygen atoms in total. The SMILES string of the molecule is CCOC(=O)CSC(c1ccc(C)cc1)C(N)CC. The second-order valence-electron chi connectivity index (χ2n) is 4.52. The number of rotatable bonds is 7. The number of ether oxygens (including phenoxy) is 1. The van der Waals surface area contributed by atoms with E-state index in [4.69, 9.17) is 10.5 Å². The number of aryl methyl sites for hydroxylation is 1. The van der Waals surface area contributed by atoms with Gasteiger partial charge in [-0.3, -0.25) is 4.79 Å². The third-order valence-electron chi connectivity index (χ3n) is 2.95. The molecule has 0 aliphatic rings. The molecule has 0 heterocycles. The van der Waals surface area contributed by atoms with Crippen molar-refractivity contribution in [2.45, 2.75) is 38.5 Å². The van der Waals surface area contributed by atoms with Crippen molar-refractivity contribution in [1.29, 1.82) is 0 Å². The third-order valence-corrected chi connectivity index (χ3v) is 4.34. The molecule has 0 radical (unpaired) electrons. The Hall–Kier alpha value is -1.00. The lowest BCUT2D eigenvalue weighted by Gasteiger charge is -2.22. The Labute approximate surface area is 119 Å². The monoisotopic (exact) mass is 281 g/mol.